The zero-order valence-corrected chi connectivity index (χ0v) is 17.3. The van der Waals surface area contributed by atoms with Crippen molar-refractivity contribution in [1.29, 1.82) is 0 Å². The number of hydrogen-bond acceptors (Lipinski definition) is 6. The molecule has 0 unspecified atom stereocenters. The van der Waals surface area contributed by atoms with Gasteiger partial charge in [0.25, 0.3) is 5.91 Å². The van der Waals surface area contributed by atoms with E-state index in [1.807, 2.05) is 32.0 Å². The number of rotatable bonds is 10. The predicted molar refractivity (Wildman–Crippen MR) is 111 cm³/mol. The lowest BCUT2D eigenvalue weighted by molar-refractivity contribution is -0.144. The summed E-state index contributed by atoms with van der Waals surface area (Å²) >= 11 is 7.29. The molecular weight excluding hydrogens is 402 g/mol. The molecule has 6 nitrogen and oxygen atoms in total. The van der Waals surface area contributed by atoms with Crippen LogP contribution in [0.15, 0.2) is 47.4 Å². The summed E-state index contributed by atoms with van der Waals surface area (Å²) in [4.78, 5) is 24.7. The largest absolute Gasteiger partial charge is 0.490 e. The van der Waals surface area contributed by atoms with Gasteiger partial charge in [0.1, 0.15) is 0 Å². The first-order valence-corrected chi connectivity index (χ1v) is 10.1. The Morgan fingerprint density at radius 2 is 1.75 bits per heavy atom. The van der Waals surface area contributed by atoms with Gasteiger partial charge in [0.15, 0.2) is 18.1 Å². The average molecular weight is 424 g/mol. The molecule has 2 rings (SSSR count). The summed E-state index contributed by atoms with van der Waals surface area (Å²) in [6.45, 7) is 4.34. The summed E-state index contributed by atoms with van der Waals surface area (Å²) in [5.74, 6) is 0.263. The smallest absolute Gasteiger partial charge is 0.316 e. The number of carbonyl (C=O) groups excluding carboxylic acids is 2. The molecule has 8 heteroatoms. The maximum atomic E-state index is 12.0. The van der Waals surface area contributed by atoms with Gasteiger partial charge in [-0.05, 0) is 38.1 Å². The Hall–Kier alpha value is -2.38. The highest BCUT2D eigenvalue weighted by Crippen LogP contribution is 2.30. The van der Waals surface area contributed by atoms with Crippen molar-refractivity contribution >= 4 is 40.9 Å². The Kier molecular flexibility index (Phi) is 8.97. The quantitative estimate of drug-likeness (QED) is 0.450. The van der Waals surface area contributed by atoms with Crippen molar-refractivity contribution in [2.45, 2.75) is 18.7 Å². The fraction of sp³-hybridized carbons (Fsp3) is 0.300. The van der Waals surface area contributed by atoms with Gasteiger partial charge in [-0.15, -0.1) is 11.8 Å². The van der Waals surface area contributed by atoms with Gasteiger partial charge in [-0.1, -0.05) is 23.7 Å². The van der Waals surface area contributed by atoms with Gasteiger partial charge in [-0.2, -0.15) is 0 Å². The molecule has 0 atom stereocenters. The van der Waals surface area contributed by atoms with Crippen LogP contribution in [-0.4, -0.2) is 37.4 Å². The number of thioether (sulfide) groups is 1. The topological polar surface area (TPSA) is 73.9 Å². The number of esters is 1. The molecule has 0 aliphatic carbocycles. The molecule has 0 bridgehead atoms. The monoisotopic (exact) mass is 423 g/mol. The highest BCUT2D eigenvalue weighted by atomic mass is 35.5. The van der Waals surface area contributed by atoms with Crippen LogP contribution < -0.4 is 14.8 Å². The highest BCUT2D eigenvalue weighted by Gasteiger charge is 2.12. The van der Waals surface area contributed by atoms with Crippen molar-refractivity contribution in [3.8, 4) is 11.5 Å². The van der Waals surface area contributed by atoms with Gasteiger partial charge in [-0.25, -0.2) is 0 Å². The minimum atomic E-state index is -0.498. The van der Waals surface area contributed by atoms with Crippen LogP contribution in [0.4, 0.5) is 5.69 Å². The average Bonchev–Trinajstić information content (AvgIpc) is 2.68. The standard InChI is InChI=1S/C20H22ClNO5S/c1-3-25-16-10-9-14(11-17(16)26-4-2)22-19(23)12-27-20(24)13-28-18-8-6-5-7-15(18)21/h5-11H,3-4,12-13H2,1-2H3,(H,22,23). The van der Waals surface area contributed by atoms with Crippen molar-refractivity contribution in [2.75, 3.05) is 30.9 Å². The number of halogens is 1. The van der Waals surface area contributed by atoms with Crippen molar-refractivity contribution in [1.82, 2.24) is 0 Å². The van der Waals surface area contributed by atoms with Crippen LogP contribution in [-0.2, 0) is 14.3 Å². The van der Waals surface area contributed by atoms with E-state index >= 15 is 0 Å². The lowest BCUT2D eigenvalue weighted by Crippen LogP contribution is -2.21. The van der Waals surface area contributed by atoms with Crippen LogP contribution in [0.2, 0.25) is 5.02 Å². The Balaban J connectivity index is 1.82. The molecule has 1 amide bonds. The van der Waals surface area contributed by atoms with Gasteiger partial charge in [-0.3, -0.25) is 9.59 Å². The highest BCUT2D eigenvalue weighted by molar-refractivity contribution is 8.00. The molecule has 1 N–H and O–H groups in total. The van der Waals surface area contributed by atoms with Crippen molar-refractivity contribution in [2.24, 2.45) is 0 Å². The van der Waals surface area contributed by atoms with Crippen LogP contribution in [0.3, 0.4) is 0 Å². The lowest BCUT2D eigenvalue weighted by Gasteiger charge is -2.13. The molecule has 0 saturated heterocycles. The van der Waals surface area contributed by atoms with Crippen LogP contribution in [0.1, 0.15) is 13.8 Å². The first-order chi connectivity index (χ1) is 13.5. The molecule has 0 aliphatic heterocycles. The Morgan fingerprint density at radius 3 is 2.46 bits per heavy atom. The second-order valence-corrected chi connectivity index (χ2v) is 6.88. The van der Waals surface area contributed by atoms with Gasteiger partial charge in [0, 0.05) is 16.6 Å². The third-order valence-electron chi connectivity index (χ3n) is 3.37. The fourth-order valence-electron chi connectivity index (χ4n) is 2.21. The normalized spacial score (nSPS) is 10.2. The summed E-state index contributed by atoms with van der Waals surface area (Å²) in [6, 6.07) is 12.3. The van der Waals surface area contributed by atoms with E-state index in [0.717, 1.165) is 4.90 Å². The van der Waals surface area contributed by atoms with E-state index in [2.05, 4.69) is 5.32 Å². The number of anilines is 1. The third kappa shape index (κ3) is 6.98. The van der Waals surface area contributed by atoms with Crippen molar-refractivity contribution < 1.29 is 23.8 Å². The van der Waals surface area contributed by atoms with Gasteiger partial charge in [0.2, 0.25) is 0 Å². The lowest BCUT2D eigenvalue weighted by atomic mass is 10.2. The van der Waals surface area contributed by atoms with Crippen molar-refractivity contribution in [3.05, 3.63) is 47.5 Å². The second-order valence-electron chi connectivity index (χ2n) is 5.46. The molecule has 150 valence electrons. The van der Waals surface area contributed by atoms with Gasteiger partial charge in [0.05, 0.1) is 24.0 Å². The number of nitrogens with one attached hydrogen (secondary N) is 1. The van der Waals surface area contributed by atoms with Crippen LogP contribution in [0, 0.1) is 0 Å². The second kappa shape index (κ2) is 11.5. The molecule has 0 heterocycles. The molecule has 0 radical (unpaired) electrons. The minimum absolute atomic E-state index is 0.0640. The van der Waals surface area contributed by atoms with Crippen LogP contribution in [0.5, 0.6) is 11.5 Å². The van der Waals surface area contributed by atoms with Gasteiger partial charge < -0.3 is 19.5 Å². The third-order valence-corrected chi connectivity index (χ3v) is 4.86. The van der Waals surface area contributed by atoms with E-state index < -0.39 is 11.9 Å². The van der Waals surface area contributed by atoms with Crippen molar-refractivity contribution in [3.63, 3.8) is 0 Å². The Labute approximate surface area is 173 Å². The van der Waals surface area contributed by atoms with Crippen LogP contribution >= 0.6 is 23.4 Å². The molecule has 2 aromatic rings. The predicted octanol–water partition coefficient (Wildman–Crippen LogP) is 4.41. The van der Waals surface area contributed by atoms with E-state index in [1.54, 1.807) is 24.3 Å². The van der Waals surface area contributed by atoms with Gasteiger partial charge >= 0.3 is 5.97 Å². The minimum Gasteiger partial charge on any atom is -0.490 e. The molecule has 0 spiro atoms. The van der Waals surface area contributed by atoms with E-state index in [4.69, 9.17) is 25.8 Å². The first-order valence-electron chi connectivity index (χ1n) is 8.76. The summed E-state index contributed by atoms with van der Waals surface area (Å²) in [7, 11) is 0. The molecule has 0 aromatic heterocycles. The fourth-order valence-corrected chi connectivity index (χ4v) is 3.25. The Bertz CT molecular complexity index is 815. The molecule has 0 aliphatic rings. The summed E-state index contributed by atoms with van der Waals surface area (Å²) in [6.07, 6.45) is 0. The zero-order valence-electron chi connectivity index (χ0n) is 15.7. The molecule has 0 fully saturated rings. The summed E-state index contributed by atoms with van der Waals surface area (Å²) < 4.78 is 16.0. The summed E-state index contributed by atoms with van der Waals surface area (Å²) in [5, 5.41) is 3.24. The number of ether oxygens (including phenoxy) is 3. The van der Waals surface area contributed by atoms with Crippen LogP contribution in [0.25, 0.3) is 0 Å². The molecule has 28 heavy (non-hydrogen) atoms. The van der Waals surface area contributed by atoms with E-state index in [0.29, 0.717) is 35.4 Å². The molecular formula is C20H22ClNO5S. The Morgan fingerprint density at radius 1 is 1.04 bits per heavy atom. The zero-order chi connectivity index (χ0) is 20.4. The summed E-state index contributed by atoms with van der Waals surface area (Å²) in [5.41, 5.74) is 0.526. The number of amides is 1. The number of benzene rings is 2. The molecule has 2 aromatic carbocycles. The van der Waals surface area contributed by atoms with E-state index in [1.165, 1.54) is 11.8 Å². The molecule has 0 saturated carbocycles. The maximum absolute atomic E-state index is 12.0. The van der Waals surface area contributed by atoms with E-state index in [9.17, 15) is 9.59 Å². The number of carbonyl (C=O) groups is 2. The van der Waals surface area contributed by atoms with E-state index in [-0.39, 0.29) is 12.4 Å². The first kappa shape index (κ1) is 21.9. The maximum Gasteiger partial charge on any atom is 0.316 e. The SMILES string of the molecule is CCOc1ccc(NC(=O)COC(=O)CSc2ccccc2Cl)cc1OCC. The number of hydrogen-bond donors (Lipinski definition) is 1.